The summed E-state index contributed by atoms with van der Waals surface area (Å²) >= 11 is 0. The van der Waals surface area contributed by atoms with Gasteiger partial charge in [0, 0.05) is 30.3 Å². The minimum atomic E-state index is 0.378. The van der Waals surface area contributed by atoms with Gasteiger partial charge in [0.05, 0.1) is 12.7 Å². The van der Waals surface area contributed by atoms with Crippen LogP contribution in [-0.4, -0.2) is 18.7 Å². The monoisotopic (exact) mass is 273 g/mol. The van der Waals surface area contributed by atoms with Crippen molar-refractivity contribution < 1.29 is 4.74 Å². The Bertz CT molecular complexity index is 447. The fourth-order valence-corrected chi connectivity index (χ4v) is 2.52. The molecule has 108 valence electrons. The summed E-state index contributed by atoms with van der Waals surface area (Å²) in [4.78, 5) is 0. The number of hydrogen-bond acceptors (Lipinski definition) is 4. The quantitative estimate of drug-likeness (QED) is 0.781. The maximum Gasteiger partial charge on any atom is 0.121 e. The van der Waals surface area contributed by atoms with Crippen molar-refractivity contribution in [1.82, 2.24) is 0 Å². The van der Waals surface area contributed by atoms with Gasteiger partial charge in [0.15, 0.2) is 0 Å². The molecular formula is C16H23N3O. The fraction of sp³-hybridized carbons (Fsp3) is 0.562. The van der Waals surface area contributed by atoms with E-state index >= 15 is 0 Å². The molecule has 0 amide bonds. The van der Waals surface area contributed by atoms with Crippen LogP contribution in [0.15, 0.2) is 24.3 Å². The summed E-state index contributed by atoms with van der Waals surface area (Å²) in [5.41, 5.74) is 7.02. The second-order valence-electron chi connectivity index (χ2n) is 5.39. The number of benzene rings is 1. The van der Waals surface area contributed by atoms with Gasteiger partial charge in [0.1, 0.15) is 5.75 Å². The minimum absolute atomic E-state index is 0.378. The Morgan fingerprint density at radius 2 is 2.10 bits per heavy atom. The molecule has 4 nitrogen and oxygen atoms in total. The summed E-state index contributed by atoms with van der Waals surface area (Å²) in [6.07, 6.45) is 5.78. The fourth-order valence-electron chi connectivity index (χ4n) is 2.52. The highest BCUT2D eigenvalue weighted by molar-refractivity contribution is 5.48. The van der Waals surface area contributed by atoms with E-state index in [0.29, 0.717) is 25.1 Å². The largest absolute Gasteiger partial charge is 0.493 e. The van der Waals surface area contributed by atoms with E-state index in [1.165, 1.54) is 0 Å². The number of nitrogens with zero attached hydrogens (tertiary/aromatic N) is 1. The summed E-state index contributed by atoms with van der Waals surface area (Å²) in [7, 11) is 0. The standard InChI is InChI=1S/C16H23N3O/c17-10-1-2-11-20-16-5-3-4-15(12-16)19-14-8-6-13(18)7-9-14/h3-5,12-14,19H,1-2,6-9,11,18H2. The first-order chi connectivity index (χ1) is 9.78. The topological polar surface area (TPSA) is 71.1 Å². The van der Waals surface area contributed by atoms with Crippen molar-refractivity contribution in [2.75, 3.05) is 11.9 Å². The van der Waals surface area contributed by atoms with E-state index in [4.69, 9.17) is 15.7 Å². The minimum Gasteiger partial charge on any atom is -0.493 e. The van der Waals surface area contributed by atoms with Crippen molar-refractivity contribution in [3.63, 3.8) is 0 Å². The predicted octanol–water partition coefficient (Wildman–Crippen LogP) is 3.05. The summed E-state index contributed by atoms with van der Waals surface area (Å²) in [6, 6.07) is 11.1. The Kier molecular flexibility index (Phi) is 5.69. The molecular weight excluding hydrogens is 250 g/mol. The average molecular weight is 273 g/mol. The number of rotatable bonds is 6. The molecule has 0 heterocycles. The SMILES string of the molecule is N#CCCCOc1cccc(NC2CCC(N)CC2)c1. The van der Waals surface area contributed by atoms with Gasteiger partial charge in [-0.3, -0.25) is 0 Å². The van der Waals surface area contributed by atoms with Gasteiger partial charge in [0.2, 0.25) is 0 Å². The zero-order chi connectivity index (χ0) is 14.2. The first-order valence-electron chi connectivity index (χ1n) is 7.40. The Hall–Kier alpha value is -1.73. The zero-order valence-corrected chi connectivity index (χ0v) is 11.8. The van der Waals surface area contributed by atoms with Crippen LogP contribution < -0.4 is 15.8 Å². The van der Waals surface area contributed by atoms with Crippen LogP contribution >= 0.6 is 0 Å². The summed E-state index contributed by atoms with van der Waals surface area (Å²) in [6.45, 7) is 0.593. The van der Waals surface area contributed by atoms with Gasteiger partial charge in [-0.05, 0) is 44.2 Å². The van der Waals surface area contributed by atoms with Crippen molar-refractivity contribution in [1.29, 1.82) is 5.26 Å². The summed E-state index contributed by atoms with van der Waals surface area (Å²) in [5, 5.41) is 12.0. The lowest BCUT2D eigenvalue weighted by Gasteiger charge is -2.27. The van der Waals surface area contributed by atoms with E-state index in [1.807, 2.05) is 18.2 Å². The molecule has 1 aromatic carbocycles. The molecule has 4 heteroatoms. The lowest BCUT2D eigenvalue weighted by molar-refractivity contribution is 0.313. The van der Waals surface area contributed by atoms with Gasteiger partial charge in [-0.15, -0.1) is 0 Å². The van der Waals surface area contributed by atoms with Crippen molar-refractivity contribution in [3.8, 4) is 11.8 Å². The lowest BCUT2D eigenvalue weighted by atomic mass is 9.92. The third-order valence-electron chi connectivity index (χ3n) is 3.68. The summed E-state index contributed by atoms with van der Waals surface area (Å²) in [5.74, 6) is 0.862. The average Bonchev–Trinajstić information content (AvgIpc) is 2.47. The van der Waals surface area contributed by atoms with E-state index in [1.54, 1.807) is 0 Å². The van der Waals surface area contributed by atoms with Crippen LogP contribution in [0.25, 0.3) is 0 Å². The molecule has 20 heavy (non-hydrogen) atoms. The normalized spacial score (nSPS) is 22.0. The van der Waals surface area contributed by atoms with Crippen molar-refractivity contribution in [3.05, 3.63) is 24.3 Å². The molecule has 0 saturated heterocycles. The van der Waals surface area contributed by atoms with Crippen LogP contribution in [0.4, 0.5) is 5.69 Å². The molecule has 0 aromatic heterocycles. The van der Waals surface area contributed by atoms with Crippen LogP contribution in [0.1, 0.15) is 38.5 Å². The lowest BCUT2D eigenvalue weighted by Crippen LogP contribution is -2.32. The molecule has 0 unspecified atom stereocenters. The Balaban J connectivity index is 1.81. The van der Waals surface area contributed by atoms with Gasteiger partial charge in [0.25, 0.3) is 0 Å². The van der Waals surface area contributed by atoms with Gasteiger partial charge in [-0.1, -0.05) is 6.07 Å². The first-order valence-corrected chi connectivity index (χ1v) is 7.40. The molecule has 1 aromatic rings. The predicted molar refractivity (Wildman–Crippen MR) is 80.6 cm³/mol. The van der Waals surface area contributed by atoms with Crippen molar-refractivity contribution >= 4 is 5.69 Å². The molecule has 0 spiro atoms. The van der Waals surface area contributed by atoms with E-state index < -0.39 is 0 Å². The van der Waals surface area contributed by atoms with E-state index in [2.05, 4.69) is 17.5 Å². The highest BCUT2D eigenvalue weighted by atomic mass is 16.5. The van der Waals surface area contributed by atoms with E-state index in [9.17, 15) is 0 Å². The maximum absolute atomic E-state index is 8.48. The van der Waals surface area contributed by atoms with Gasteiger partial charge >= 0.3 is 0 Å². The van der Waals surface area contributed by atoms with Crippen LogP contribution in [-0.2, 0) is 0 Å². The number of nitrogens with one attached hydrogen (secondary N) is 1. The number of unbranched alkanes of at least 4 members (excludes halogenated alkanes) is 1. The third kappa shape index (κ3) is 4.75. The molecule has 0 bridgehead atoms. The molecule has 3 N–H and O–H groups in total. The number of nitriles is 1. The Morgan fingerprint density at radius 1 is 1.30 bits per heavy atom. The molecule has 1 aliphatic carbocycles. The number of anilines is 1. The smallest absolute Gasteiger partial charge is 0.121 e. The second kappa shape index (κ2) is 7.76. The second-order valence-corrected chi connectivity index (χ2v) is 5.39. The van der Waals surface area contributed by atoms with Gasteiger partial charge < -0.3 is 15.8 Å². The van der Waals surface area contributed by atoms with Crippen LogP contribution in [0, 0.1) is 11.3 Å². The molecule has 0 atom stereocenters. The van der Waals surface area contributed by atoms with Gasteiger partial charge in [-0.2, -0.15) is 5.26 Å². The van der Waals surface area contributed by atoms with Crippen LogP contribution in [0.3, 0.4) is 0 Å². The van der Waals surface area contributed by atoms with E-state index in [0.717, 1.165) is 43.5 Å². The zero-order valence-electron chi connectivity index (χ0n) is 11.8. The van der Waals surface area contributed by atoms with Crippen LogP contribution in [0.2, 0.25) is 0 Å². The van der Waals surface area contributed by atoms with Gasteiger partial charge in [-0.25, -0.2) is 0 Å². The molecule has 1 aliphatic rings. The first kappa shape index (κ1) is 14.7. The number of ether oxygens (including phenoxy) is 1. The molecule has 1 saturated carbocycles. The third-order valence-corrected chi connectivity index (χ3v) is 3.68. The summed E-state index contributed by atoms with van der Waals surface area (Å²) < 4.78 is 5.64. The maximum atomic E-state index is 8.48. The molecule has 1 fully saturated rings. The number of nitrogens with two attached hydrogens (primary N) is 1. The van der Waals surface area contributed by atoms with Crippen molar-refractivity contribution in [2.24, 2.45) is 5.73 Å². The van der Waals surface area contributed by atoms with Crippen LogP contribution in [0.5, 0.6) is 5.75 Å². The Labute approximate surface area is 120 Å². The molecule has 0 radical (unpaired) electrons. The van der Waals surface area contributed by atoms with Crippen molar-refractivity contribution in [2.45, 2.75) is 50.6 Å². The molecule has 0 aliphatic heterocycles. The van der Waals surface area contributed by atoms with E-state index in [-0.39, 0.29) is 0 Å². The molecule has 2 rings (SSSR count). The highest BCUT2D eigenvalue weighted by Gasteiger charge is 2.18. The highest BCUT2D eigenvalue weighted by Crippen LogP contribution is 2.23. The number of hydrogen-bond donors (Lipinski definition) is 2. The Morgan fingerprint density at radius 3 is 2.85 bits per heavy atom.